The number of primary amides is 1. The number of rotatable bonds is 3. The first-order valence-corrected chi connectivity index (χ1v) is 7.63. The summed E-state index contributed by atoms with van der Waals surface area (Å²) in [4.78, 5) is 25.2. The predicted molar refractivity (Wildman–Crippen MR) is 63.7 cm³/mol. The molecule has 1 aromatic heterocycles. The third kappa shape index (κ3) is 2.70. The van der Waals surface area contributed by atoms with Crippen molar-refractivity contribution in [1.82, 2.24) is 9.96 Å². The molecule has 12 heteroatoms. The van der Waals surface area contributed by atoms with E-state index in [1.807, 2.05) is 0 Å². The molecule has 0 aromatic carbocycles. The summed E-state index contributed by atoms with van der Waals surface area (Å²) in [7, 11) is -5.09. The van der Waals surface area contributed by atoms with Crippen LogP contribution in [0, 0.1) is 0 Å². The second-order valence-corrected chi connectivity index (χ2v) is 6.22. The van der Waals surface area contributed by atoms with E-state index in [4.69, 9.17) is 5.73 Å². The molecule has 1 saturated heterocycles. The van der Waals surface area contributed by atoms with Gasteiger partial charge >= 0.3 is 35.6 Å². The van der Waals surface area contributed by atoms with Crippen LogP contribution in [0.3, 0.4) is 0 Å². The first kappa shape index (κ1) is 16.7. The van der Waals surface area contributed by atoms with Crippen LogP contribution in [-0.4, -0.2) is 41.4 Å². The average Bonchev–Trinajstić information content (AvgIpc) is 2.88. The molecular weight excluding hydrogens is 333 g/mol. The summed E-state index contributed by atoms with van der Waals surface area (Å²) in [5.41, 5.74) is 5.85. The molecule has 21 heavy (non-hydrogen) atoms. The molecule has 0 saturated carbocycles. The Morgan fingerprint density at radius 1 is 1.52 bits per heavy atom. The number of carbonyl (C=O) groups is 2. The number of amides is 3. The smallest absolute Gasteiger partial charge is 0.724 e. The molecule has 108 valence electrons. The number of urea groups is 1. The first-order valence-electron chi connectivity index (χ1n) is 5.41. The zero-order valence-electron chi connectivity index (χ0n) is 10.8. The molecular formula is C9H8N3NaO6S2. The van der Waals surface area contributed by atoms with Crippen molar-refractivity contribution in [3.05, 3.63) is 21.9 Å². The number of thiophene rings is 1. The number of hydrogen-bond acceptors (Lipinski definition) is 7. The molecule has 0 radical (unpaired) electrons. The monoisotopic (exact) mass is 341 g/mol. The van der Waals surface area contributed by atoms with Crippen molar-refractivity contribution >= 4 is 33.7 Å². The summed E-state index contributed by atoms with van der Waals surface area (Å²) in [6, 6.07) is -0.953. The molecule has 0 aliphatic carbocycles. The first-order chi connectivity index (χ1) is 9.29. The molecule has 2 atom stereocenters. The van der Waals surface area contributed by atoms with E-state index >= 15 is 0 Å². The van der Waals surface area contributed by atoms with Gasteiger partial charge in [0.15, 0.2) is 0 Å². The summed E-state index contributed by atoms with van der Waals surface area (Å²) in [6.45, 7) is 0.0334. The van der Waals surface area contributed by atoms with Crippen molar-refractivity contribution in [3.8, 4) is 0 Å². The Morgan fingerprint density at radius 2 is 2.19 bits per heavy atom. The summed E-state index contributed by atoms with van der Waals surface area (Å²) in [5, 5.41) is 2.17. The maximum atomic E-state index is 12.1. The zero-order valence-corrected chi connectivity index (χ0v) is 14.4. The Balaban J connectivity index is 0.00000161. The van der Waals surface area contributed by atoms with Crippen molar-refractivity contribution in [2.24, 2.45) is 5.73 Å². The van der Waals surface area contributed by atoms with Crippen LogP contribution >= 0.6 is 11.3 Å². The van der Waals surface area contributed by atoms with E-state index in [2.05, 4.69) is 4.28 Å². The Labute approximate surface area is 145 Å². The van der Waals surface area contributed by atoms with Gasteiger partial charge in [-0.25, -0.2) is 13.2 Å². The van der Waals surface area contributed by atoms with Gasteiger partial charge in [-0.15, -0.1) is 11.3 Å². The normalized spacial score (nSPS) is 23.8. The van der Waals surface area contributed by atoms with Crippen LogP contribution in [0.1, 0.15) is 22.5 Å². The van der Waals surface area contributed by atoms with Crippen molar-refractivity contribution in [3.63, 3.8) is 0 Å². The van der Waals surface area contributed by atoms with Gasteiger partial charge in [-0.1, -0.05) is 0 Å². The molecule has 3 rings (SSSR count). The maximum absolute atomic E-state index is 12.1. The van der Waals surface area contributed by atoms with Gasteiger partial charge in [0.05, 0.1) is 6.54 Å². The number of hydrogen-bond donors (Lipinski definition) is 1. The second-order valence-electron chi connectivity index (χ2n) is 4.30. The molecule has 1 fully saturated rings. The van der Waals surface area contributed by atoms with E-state index in [0.717, 1.165) is 4.90 Å². The minimum absolute atomic E-state index is 0. The van der Waals surface area contributed by atoms with Crippen LogP contribution in [0.5, 0.6) is 0 Å². The van der Waals surface area contributed by atoms with Crippen molar-refractivity contribution in [2.45, 2.75) is 12.1 Å². The summed E-state index contributed by atoms with van der Waals surface area (Å²) in [5.74, 6) is -0.729. The van der Waals surface area contributed by atoms with Crippen molar-refractivity contribution < 1.29 is 56.4 Å². The molecule has 3 heterocycles. The van der Waals surface area contributed by atoms with E-state index < -0.39 is 34.4 Å². The molecule has 0 unspecified atom stereocenters. The fraction of sp³-hybridized carbons (Fsp3) is 0.333. The van der Waals surface area contributed by atoms with Crippen LogP contribution in [0.2, 0.25) is 0 Å². The van der Waals surface area contributed by atoms with Crippen LogP contribution in [-0.2, 0) is 19.5 Å². The Hall–Kier alpha value is -0.690. The molecule has 2 aliphatic heterocycles. The van der Waals surface area contributed by atoms with Gasteiger partial charge in [0.1, 0.15) is 12.1 Å². The van der Waals surface area contributed by atoms with Gasteiger partial charge in [-0.05, 0) is 17.0 Å². The maximum Gasteiger partial charge on any atom is 1.00 e. The fourth-order valence-electron chi connectivity index (χ4n) is 2.47. The van der Waals surface area contributed by atoms with Crippen LogP contribution in [0.15, 0.2) is 11.4 Å². The minimum Gasteiger partial charge on any atom is -0.724 e. The quantitative estimate of drug-likeness (QED) is 0.344. The van der Waals surface area contributed by atoms with Gasteiger partial charge in [-0.3, -0.25) is 4.79 Å². The number of nitrogens with zero attached hydrogens (tertiary/aromatic N) is 2. The Bertz CT molecular complexity index is 704. The van der Waals surface area contributed by atoms with E-state index in [0.29, 0.717) is 15.5 Å². The van der Waals surface area contributed by atoms with Crippen LogP contribution in [0.25, 0.3) is 0 Å². The van der Waals surface area contributed by atoms with Crippen molar-refractivity contribution in [2.75, 3.05) is 6.54 Å². The van der Waals surface area contributed by atoms with E-state index in [9.17, 15) is 22.6 Å². The van der Waals surface area contributed by atoms with E-state index in [1.54, 1.807) is 11.4 Å². The van der Waals surface area contributed by atoms with Gasteiger partial charge in [0.2, 0.25) is 16.3 Å². The second kappa shape index (κ2) is 5.50. The van der Waals surface area contributed by atoms with Crippen LogP contribution in [0.4, 0.5) is 4.79 Å². The molecule has 2 N–H and O–H groups in total. The van der Waals surface area contributed by atoms with Crippen LogP contribution < -0.4 is 35.3 Å². The van der Waals surface area contributed by atoms with Gasteiger partial charge in [-0.2, -0.15) is 9.35 Å². The summed E-state index contributed by atoms with van der Waals surface area (Å²) >= 11 is 1.23. The molecule has 1 aromatic rings. The fourth-order valence-corrected chi connectivity index (χ4v) is 3.91. The minimum atomic E-state index is -5.09. The topological polar surface area (TPSA) is 133 Å². The molecule has 3 amide bonds. The Kier molecular flexibility index (Phi) is 4.37. The molecule has 0 spiro atoms. The number of fused-ring (bicyclic) bond motifs is 4. The van der Waals surface area contributed by atoms with Gasteiger partial charge in [0.25, 0.3) is 0 Å². The van der Waals surface area contributed by atoms with Crippen molar-refractivity contribution in [1.29, 1.82) is 0 Å². The summed E-state index contributed by atoms with van der Waals surface area (Å²) < 4.78 is 36.3. The van der Waals surface area contributed by atoms with E-state index in [1.165, 1.54) is 11.3 Å². The van der Waals surface area contributed by atoms with Gasteiger partial charge in [0, 0.05) is 4.88 Å². The average molecular weight is 341 g/mol. The third-order valence-electron chi connectivity index (χ3n) is 3.17. The molecule has 2 bridgehead atoms. The zero-order chi connectivity index (χ0) is 14.7. The third-order valence-corrected chi connectivity index (χ3v) is 4.50. The number of carbonyl (C=O) groups excluding carboxylic acids is 2. The number of hydroxylamine groups is 2. The largest absolute Gasteiger partial charge is 1.00 e. The SMILES string of the molecule is NC(=O)[C@@H]1c2sccc2[C@H]2CN1C(=O)N2OS(=O)(=O)[O-].[Na+]. The predicted octanol–water partition coefficient (Wildman–Crippen LogP) is -3.54. The summed E-state index contributed by atoms with van der Waals surface area (Å²) in [6.07, 6.45) is 0. The van der Waals surface area contributed by atoms with Gasteiger partial charge < -0.3 is 15.2 Å². The van der Waals surface area contributed by atoms with E-state index in [-0.39, 0.29) is 36.1 Å². The molecule has 2 aliphatic rings. The molecule has 9 nitrogen and oxygen atoms in total. The number of nitrogens with two attached hydrogens (primary N) is 1. The standard InChI is InChI=1S/C9H9N3O6S2.Na/c10-8(13)6-7-4(1-2-19-7)5-3-11(6)9(14)12(5)18-20(15,16)17;/h1-2,5-6H,3H2,(H2,10,13)(H,15,16,17);/q;+1/p-1/t5-,6+;/m1./s1. The Morgan fingerprint density at radius 3 is 2.76 bits per heavy atom.